The summed E-state index contributed by atoms with van der Waals surface area (Å²) >= 11 is 5.88. The number of hydrogen-bond acceptors (Lipinski definition) is 3. The lowest BCUT2D eigenvalue weighted by molar-refractivity contribution is -0.129. The Balaban J connectivity index is 1.57. The summed E-state index contributed by atoms with van der Waals surface area (Å²) in [5.41, 5.74) is 0.976. The van der Waals surface area contributed by atoms with E-state index in [1.807, 2.05) is 25.1 Å². The van der Waals surface area contributed by atoms with Crippen molar-refractivity contribution in [3.05, 3.63) is 59.0 Å². The molecule has 126 valence electrons. The molecule has 2 atom stereocenters. The quantitative estimate of drug-likeness (QED) is 0.904. The second-order valence-corrected chi connectivity index (χ2v) is 6.47. The van der Waals surface area contributed by atoms with E-state index in [9.17, 15) is 9.59 Å². The van der Waals surface area contributed by atoms with Gasteiger partial charge in [0, 0.05) is 18.0 Å². The van der Waals surface area contributed by atoms with Crippen LogP contribution >= 0.6 is 11.6 Å². The van der Waals surface area contributed by atoms with Gasteiger partial charge < -0.3 is 14.6 Å². The van der Waals surface area contributed by atoms with Gasteiger partial charge >= 0.3 is 0 Å². The van der Waals surface area contributed by atoms with Crippen LogP contribution in [0.25, 0.3) is 0 Å². The Morgan fingerprint density at radius 1 is 1.38 bits per heavy atom. The van der Waals surface area contributed by atoms with Gasteiger partial charge in [-0.3, -0.25) is 9.59 Å². The molecule has 1 N–H and O–H groups in total. The number of carbonyl (C=O) groups excluding carboxylic acids is 2. The summed E-state index contributed by atoms with van der Waals surface area (Å²) in [5.74, 6) is 0.264. The molecule has 6 heteroatoms. The van der Waals surface area contributed by atoms with Crippen molar-refractivity contribution in [1.29, 1.82) is 0 Å². The van der Waals surface area contributed by atoms with Gasteiger partial charge in [-0.1, -0.05) is 23.7 Å². The largest absolute Gasteiger partial charge is 0.467 e. The highest BCUT2D eigenvalue weighted by Crippen LogP contribution is 2.22. The van der Waals surface area contributed by atoms with Crippen LogP contribution in [0, 0.1) is 5.92 Å². The van der Waals surface area contributed by atoms with Crippen molar-refractivity contribution in [2.45, 2.75) is 25.9 Å². The number of likely N-dealkylation sites (tertiary alicyclic amines) is 1. The summed E-state index contributed by atoms with van der Waals surface area (Å²) in [7, 11) is 0. The topological polar surface area (TPSA) is 62.6 Å². The molecule has 2 aromatic rings. The molecule has 24 heavy (non-hydrogen) atoms. The molecule has 1 aromatic carbocycles. The molecule has 0 spiro atoms. The molecule has 1 aliphatic heterocycles. The number of nitrogens with one attached hydrogen (secondary N) is 1. The van der Waals surface area contributed by atoms with Crippen molar-refractivity contribution in [3.8, 4) is 0 Å². The fourth-order valence-corrected chi connectivity index (χ4v) is 2.98. The van der Waals surface area contributed by atoms with Gasteiger partial charge in [0.05, 0.1) is 24.8 Å². The molecule has 0 saturated carbocycles. The van der Waals surface area contributed by atoms with Crippen LogP contribution in [-0.2, 0) is 16.1 Å². The van der Waals surface area contributed by atoms with Crippen molar-refractivity contribution in [2.75, 3.05) is 6.54 Å². The molecule has 5 nitrogen and oxygen atoms in total. The standard InChI is InChI=1S/C18H19ClN2O3/c1-12(13-4-6-15(19)7-5-13)20-18(23)14-9-17(22)21(10-14)11-16-3-2-8-24-16/h2-8,12,14H,9-11H2,1H3,(H,20,23). The third-order valence-corrected chi connectivity index (χ3v) is 4.49. The maximum absolute atomic E-state index is 12.5. The molecular weight excluding hydrogens is 328 g/mol. The molecule has 2 heterocycles. The second kappa shape index (κ2) is 7.09. The zero-order valence-corrected chi connectivity index (χ0v) is 14.1. The summed E-state index contributed by atoms with van der Waals surface area (Å²) in [6.07, 6.45) is 1.81. The number of furan rings is 1. The molecule has 1 aliphatic rings. The predicted octanol–water partition coefficient (Wildman–Crippen LogP) is 3.16. The Morgan fingerprint density at radius 3 is 2.79 bits per heavy atom. The van der Waals surface area contributed by atoms with Gasteiger partial charge in [0.2, 0.25) is 11.8 Å². The first-order valence-electron chi connectivity index (χ1n) is 7.89. The number of rotatable bonds is 5. The summed E-state index contributed by atoms with van der Waals surface area (Å²) < 4.78 is 5.27. The normalized spacial score (nSPS) is 18.7. The molecular formula is C18H19ClN2O3. The van der Waals surface area contributed by atoms with Crippen LogP contribution < -0.4 is 5.32 Å². The number of amides is 2. The predicted molar refractivity (Wildman–Crippen MR) is 90.2 cm³/mol. The lowest BCUT2D eigenvalue weighted by Gasteiger charge is -2.18. The van der Waals surface area contributed by atoms with Gasteiger partial charge in [-0.05, 0) is 36.8 Å². The Kier molecular flexibility index (Phi) is 4.90. The van der Waals surface area contributed by atoms with Crippen LogP contribution in [-0.4, -0.2) is 23.3 Å². The van der Waals surface area contributed by atoms with Crippen molar-refractivity contribution in [3.63, 3.8) is 0 Å². The van der Waals surface area contributed by atoms with E-state index in [1.165, 1.54) is 0 Å². The summed E-state index contributed by atoms with van der Waals surface area (Å²) in [6.45, 7) is 2.74. The van der Waals surface area contributed by atoms with Gasteiger partial charge in [-0.2, -0.15) is 0 Å². The summed E-state index contributed by atoms with van der Waals surface area (Å²) in [5, 5.41) is 3.63. The van der Waals surface area contributed by atoms with Crippen LogP contribution in [0.15, 0.2) is 47.1 Å². The van der Waals surface area contributed by atoms with Crippen LogP contribution in [0.2, 0.25) is 5.02 Å². The molecule has 0 bridgehead atoms. The zero-order valence-electron chi connectivity index (χ0n) is 13.4. The van der Waals surface area contributed by atoms with E-state index in [0.29, 0.717) is 18.1 Å². The number of benzene rings is 1. The van der Waals surface area contributed by atoms with Gasteiger partial charge in [-0.25, -0.2) is 0 Å². The van der Waals surface area contributed by atoms with Crippen LogP contribution in [0.1, 0.15) is 30.7 Å². The second-order valence-electron chi connectivity index (χ2n) is 6.04. The maximum Gasteiger partial charge on any atom is 0.225 e. The van der Waals surface area contributed by atoms with E-state index in [0.717, 1.165) is 11.3 Å². The first-order valence-corrected chi connectivity index (χ1v) is 8.26. The molecule has 0 radical (unpaired) electrons. The number of carbonyl (C=O) groups is 2. The van der Waals surface area contributed by atoms with Crippen LogP contribution in [0.3, 0.4) is 0 Å². The number of halogens is 1. The lowest BCUT2D eigenvalue weighted by atomic mass is 10.1. The third kappa shape index (κ3) is 3.79. The van der Waals surface area contributed by atoms with Gasteiger partial charge in [0.15, 0.2) is 0 Å². The molecule has 1 saturated heterocycles. The van der Waals surface area contributed by atoms with Gasteiger partial charge in [0.1, 0.15) is 5.76 Å². The fourth-order valence-electron chi connectivity index (χ4n) is 2.86. The average molecular weight is 347 g/mol. The summed E-state index contributed by atoms with van der Waals surface area (Å²) in [4.78, 5) is 26.2. The first-order chi connectivity index (χ1) is 11.5. The van der Waals surface area contributed by atoms with E-state index >= 15 is 0 Å². The molecule has 1 aromatic heterocycles. The molecule has 2 unspecified atom stereocenters. The van der Waals surface area contributed by atoms with Crippen LogP contribution in [0.4, 0.5) is 0 Å². The highest BCUT2D eigenvalue weighted by atomic mass is 35.5. The van der Waals surface area contributed by atoms with Crippen molar-refractivity contribution in [1.82, 2.24) is 10.2 Å². The van der Waals surface area contributed by atoms with E-state index in [1.54, 1.807) is 29.4 Å². The Labute approximate surface area is 145 Å². The van der Waals surface area contributed by atoms with Crippen molar-refractivity contribution in [2.24, 2.45) is 5.92 Å². The van der Waals surface area contributed by atoms with E-state index in [4.69, 9.17) is 16.0 Å². The maximum atomic E-state index is 12.5. The minimum Gasteiger partial charge on any atom is -0.467 e. The fraction of sp³-hybridized carbons (Fsp3) is 0.333. The molecule has 0 aliphatic carbocycles. The van der Waals surface area contributed by atoms with Gasteiger partial charge in [-0.15, -0.1) is 0 Å². The monoisotopic (exact) mass is 346 g/mol. The highest BCUT2D eigenvalue weighted by Gasteiger charge is 2.35. The molecule has 1 fully saturated rings. The van der Waals surface area contributed by atoms with E-state index in [2.05, 4.69) is 5.32 Å². The Hall–Kier alpha value is -2.27. The smallest absolute Gasteiger partial charge is 0.225 e. The minimum absolute atomic E-state index is 0.0225. The number of hydrogen-bond donors (Lipinski definition) is 1. The van der Waals surface area contributed by atoms with Crippen molar-refractivity contribution >= 4 is 23.4 Å². The first kappa shape index (κ1) is 16.6. The summed E-state index contributed by atoms with van der Waals surface area (Å²) in [6, 6.07) is 10.8. The van der Waals surface area contributed by atoms with Crippen molar-refractivity contribution < 1.29 is 14.0 Å². The average Bonchev–Trinajstić information content (AvgIpc) is 3.19. The highest BCUT2D eigenvalue weighted by molar-refractivity contribution is 6.30. The van der Waals surface area contributed by atoms with E-state index in [-0.39, 0.29) is 30.2 Å². The molecule has 2 amide bonds. The van der Waals surface area contributed by atoms with E-state index < -0.39 is 0 Å². The minimum atomic E-state index is -0.331. The number of nitrogens with zero attached hydrogens (tertiary/aromatic N) is 1. The SMILES string of the molecule is CC(NC(=O)C1CC(=O)N(Cc2ccco2)C1)c1ccc(Cl)cc1. The Bertz CT molecular complexity index is 712. The Morgan fingerprint density at radius 2 is 2.12 bits per heavy atom. The lowest BCUT2D eigenvalue weighted by Crippen LogP contribution is -2.34. The van der Waals surface area contributed by atoms with Gasteiger partial charge in [0.25, 0.3) is 0 Å². The molecule has 3 rings (SSSR count). The van der Waals surface area contributed by atoms with Crippen LogP contribution in [0.5, 0.6) is 0 Å². The third-order valence-electron chi connectivity index (χ3n) is 4.24. The zero-order chi connectivity index (χ0) is 17.1.